The Labute approximate surface area is 104 Å². The number of esters is 1. The number of ether oxygens (including phenoxy) is 2. The van der Waals surface area contributed by atoms with Gasteiger partial charge in [0, 0.05) is 6.61 Å². The lowest BCUT2D eigenvalue weighted by molar-refractivity contribution is -0.167. The molecule has 2 aliphatic carbocycles. The Bertz CT molecular complexity index is 271. The molecule has 3 nitrogen and oxygen atoms in total. The van der Waals surface area contributed by atoms with Crippen LogP contribution < -0.4 is 0 Å². The quantitative estimate of drug-likeness (QED) is 0.709. The predicted molar refractivity (Wildman–Crippen MR) is 65.7 cm³/mol. The van der Waals surface area contributed by atoms with Crippen molar-refractivity contribution < 1.29 is 14.3 Å². The van der Waals surface area contributed by atoms with Crippen molar-refractivity contribution in [1.29, 1.82) is 0 Å². The number of hydrogen-bond donors (Lipinski definition) is 0. The Balaban J connectivity index is 2.24. The fourth-order valence-electron chi connectivity index (χ4n) is 3.93. The van der Waals surface area contributed by atoms with Crippen LogP contribution in [0.4, 0.5) is 0 Å². The third-order valence-electron chi connectivity index (χ3n) is 4.65. The molecule has 2 saturated carbocycles. The van der Waals surface area contributed by atoms with Gasteiger partial charge in [-0.3, -0.25) is 4.79 Å². The lowest BCUT2D eigenvalue weighted by atomic mass is 9.71. The zero-order valence-corrected chi connectivity index (χ0v) is 11.0. The summed E-state index contributed by atoms with van der Waals surface area (Å²) in [5, 5.41) is 0. The van der Waals surface area contributed by atoms with E-state index in [-0.39, 0.29) is 17.5 Å². The van der Waals surface area contributed by atoms with Gasteiger partial charge in [-0.25, -0.2) is 0 Å². The van der Waals surface area contributed by atoms with Crippen LogP contribution in [-0.2, 0) is 14.3 Å². The fraction of sp³-hybridized carbons (Fsp3) is 0.929. The second-order valence-electron chi connectivity index (χ2n) is 5.35. The Hall–Kier alpha value is -0.570. The van der Waals surface area contributed by atoms with Crippen molar-refractivity contribution in [3.8, 4) is 0 Å². The number of hydrogen-bond acceptors (Lipinski definition) is 3. The molecule has 2 rings (SSSR count). The molecule has 3 heteroatoms. The summed E-state index contributed by atoms with van der Waals surface area (Å²) >= 11 is 0. The molecular weight excluding hydrogens is 216 g/mol. The van der Waals surface area contributed by atoms with E-state index in [0.29, 0.717) is 12.5 Å². The Morgan fingerprint density at radius 2 is 1.94 bits per heavy atom. The second-order valence-corrected chi connectivity index (χ2v) is 5.35. The highest BCUT2D eigenvalue weighted by atomic mass is 16.5. The standard InChI is InChI=1S/C14H24O3/c1-3-17-12-9-6-10-14(12,13(15)16-2)11-7-4-5-8-11/h11-12H,3-10H2,1-2H3. The van der Waals surface area contributed by atoms with E-state index in [0.717, 1.165) is 19.3 Å². The summed E-state index contributed by atoms with van der Waals surface area (Å²) in [4.78, 5) is 12.3. The molecule has 0 N–H and O–H groups in total. The Morgan fingerprint density at radius 3 is 2.53 bits per heavy atom. The molecule has 0 saturated heterocycles. The van der Waals surface area contributed by atoms with Gasteiger partial charge in [-0.1, -0.05) is 12.8 Å². The first-order valence-corrected chi connectivity index (χ1v) is 6.95. The van der Waals surface area contributed by atoms with Gasteiger partial charge in [0.05, 0.1) is 18.6 Å². The first kappa shape index (κ1) is 12.9. The van der Waals surface area contributed by atoms with Gasteiger partial charge in [-0.05, 0) is 44.9 Å². The molecule has 0 aliphatic heterocycles. The van der Waals surface area contributed by atoms with Gasteiger partial charge < -0.3 is 9.47 Å². The third-order valence-corrected chi connectivity index (χ3v) is 4.65. The highest BCUT2D eigenvalue weighted by molar-refractivity contribution is 5.78. The summed E-state index contributed by atoms with van der Waals surface area (Å²) in [5.74, 6) is 0.453. The summed E-state index contributed by atoms with van der Waals surface area (Å²) in [5.41, 5.74) is -0.332. The first-order valence-electron chi connectivity index (χ1n) is 6.95. The molecule has 0 aromatic rings. The van der Waals surface area contributed by atoms with E-state index >= 15 is 0 Å². The van der Waals surface area contributed by atoms with Crippen molar-refractivity contribution in [3.05, 3.63) is 0 Å². The summed E-state index contributed by atoms with van der Waals surface area (Å²) in [6, 6.07) is 0. The van der Waals surface area contributed by atoms with Gasteiger partial charge in [0.2, 0.25) is 0 Å². The largest absolute Gasteiger partial charge is 0.469 e. The highest BCUT2D eigenvalue weighted by Gasteiger charge is 2.55. The highest BCUT2D eigenvalue weighted by Crippen LogP contribution is 2.52. The Morgan fingerprint density at radius 1 is 1.24 bits per heavy atom. The maximum absolute atomic E-state index is 12.3. The van der Waals surface area contributed by atoms with E-state index in [4.69, 9.17) is 9.47 Å². The zero-order chi connectivity index (χ0) is 12.3. The van der Waals surface area contributed by atoms with Crippen molar-refractivity contribution in [2.75, 3.05) is 13.7 Å². The molecule has 17 heavy (non-hydrogen) atoms. The molecule has 0 heterocycles. The zero-order valence-electron chi connectivity index (χ0n) is 11.0. The number of methoxy groups -OCH3 is 1. The topological polar surface area (TPSA) is 35.5 Å². The lowest BCUT2D eigenvalue weighted by Gasteiger charge is -2.37. The normalized spacial score (nSPS) is 34.1. The summed E-state index contributed by atoms with van der Waals surface area (Å²) < 4.78 is 11.0. The average molecular weight is 240 g/mol. The number of carbonyl (C=O) groups excluding carboxylic acids is 1. The van der Waals surface area contributed by atoms with E-state index in [1.165, 1.54) is 32.8 Å². The molecule has 2 fully saturated rings. The monoisotopic (exact) mass is 240 g/mol. The molecular formula is C14H24O3. The van der Waals surface area contributed by atoms with E-state index in [9.17, 15) is 4.79 Å². The molecule has 2 unspecified atom stereocenters. The smallest absolute Gasteiger partial charge is 0.314 e. The molecule has 0 spiro atoms. The minimum Gasteiger partial charge on any atom is -0.469 e. The van der Waals surface area contributed by atoms with Crippen molar-refractivity contribution in [3.63, 3.8) is 0 Å². The minimum absolute atomic E-state index is 0.0275. The van der Waals surface area contributed by atoms with Gasteiger partial charge >= 0.3 is 5.97 Å². The fourth-order valence-corrected chi connectivity index (χ4v) is 3.93. The third kappa shape index (κ3) is 2.10. The summed E-state index contributed by atoms with van der Waals surface area (Å²) in [7, 11) is 1.51. The average Bonchev–Trinajstić information content (AvgIpc) is 2.97. The van der Waals surface area contributed by atoms with Crippen LogP contribution in [0.2, 0.25) is 0 Å². The van der Waals surface area contributed by atoms with Crippen LogP contribution in [-0.4, -0.2) is 25.8 Å². The number of rotatable bonds is 4. The van der Waals surface area contributed by atoms with Crippen LogP contribution in [0.5, 0.6) is 0 Å². The van der Waals surface area contributed by atoms with Gasteiger partial charge in [0.15, 0.2) is 0 Å². The molecule has 0 aromatic carbocycles. The van der Waals surface area contributed by atoms with E-state index in [1.54, 1.807) is 0 Å². The van der Waals surface area contributed by atoms with E-state index < -0.39 is 0 Å². The van der Waals surface area contributed by atoms with E-state index in [2.05, 4.69) is 0 Å². The Kier molecular flexibility index (Phi) is 4.08. The maximum Gasteiger partial charge on any atom is 0.314 e. The molecule has 0 bridgehead atoms. The van der Waals surface area contributed by atoms with Gasteiger partial charge in [-0.15, -0.1) is 0 Å². The molecule has 2 atom stereocenters. The van der Waals surface area contributed by atoms with Crippen molar-refractivity contribution >= 4 is 5.97 Å². The lowest BCUT2D eigenvalue weighted by Crippen LogP contribution is -2.46. The van der Waals surface area contributed by atoms with Gasteiger partial charge in [0.1, 0.15) is 0 Å². The summed E-state index contributed by atoms with van der Waals surface area (Å²) in [6.07, 6.45) is 7.98. The van der Waals surface area contributed by atoms with Crippen LogP contribution >= 0.6 is 0 Å². The first-order chi connectivity index (χ1) is 8.25. The van der Waals surface area contributed by atoms with Crippen LogP contribution in [0.3, 0.4) is 0 Å². The molecule has 98 valence electrons. The molecule has 2 aliphatic rings. The second kappa shape index (κ2) is 5.38. The van der Waals surface area contributed by atoms with E-state index in [1.807, 2.05) is 6.92 Å². The van der Waals surface area contributed by atoms with Crippen LogP contribution in [0.15, 0.2) is 0 Å². The van der Waals surface area contributed by atoms with Crippen LogP contribution in [0.25, 0.3) is 0 Å². The van der Waals surface area contributed by atoms with Crippen molar-refractivity contribution in [2.24, 2.45) is 11.3 Å². The predicted octanol–water partition coefficient (Wildman–Crippen LogP) is 2.93. The van der Waals surface area contributed by atoms with Crippen molar-refractivity contribution in [1.82, 2.24) is 0 Å². The van der Waals surface area contributed by atoms with Gasteiger partial charge in [0.25, 0.3) is 0 Å². The minimum atomic E-state index is -0.332. The molecule has 0 amide bonds. The SMILES string of the molecule is CCOC1CCCC1(C(=O)OC)C1CCCC1. The molecule has 0 aromatic heterocycles. The summed E-state index contributed by atoms with van der Waals surface area (Å²) in [6.45, 7) is 2.70. The maximum atomic E-state index is 12.3. The van der Waals surface area contributed by atoms with Crippen molar-refractivity contribution in [2.45, 2.75) is 58.0 Å². The number of carbonyl (C=O) groups is 1. The van der Waals surface area contributed by atoms with Crippen LogP contribution in [0, 0.1) is 11.3 Å². The molecule has 0 radical (unpaired) electrons. The van der Waals surface area contributed by atoms with Gasteiger partial charge in [-0.2, -0.15) is 0 Å². The van der Waals surface area contributed by atoms with Crippen LogP contribution in [0.1, 0.15) is 51.9 Å².